The number of hydrogen-bond acceptors (Lipinski definition) is 1. The molecule has 0 N–H and O–H groups in total. The fourth-order valence-electron chi connectivity index (χ4n) is 0. The Kier molecular flexibility index (Phi) is 2.55. The SMILES string of the molecule is BCN=C. The topological polar surface area (TPSA) is 12.4 Å². The second-order valence-electron chi connectivity index (χ2n) is 0.540. The molecule has 2 heteroatoms. The third-order valence-corrected chi connectivity index (χ3v) is 0.224. The Bertz CT molecular complexity index is 20.0. The van der Waals surface area contributed by atoms with Crippen LogP contribution in [0.3, 0.4) is 0 Å². The minimum Gasteiger partial charge on any atom is -0.310 e. The van der Waals surface area contributed by atoms with Crippen LogP contribution in [0.1, 0.15) is 0 Å². The number of aliphatic imine (C=N–C) groups is 1. The van der Waals surface area contributed by atoms with E-state index in [9.17, 15) is 0 Å². The van der Waals surface area contributed by atoms with Crippen LogP contribution in [-0.4, -0.2) is 21.0 Å². The molecule has 4 heavy (non-hydrogen) atoms. The first-order chi connectivity index (χ1) is 1.91. The maximum absolute atomic E-state index is 3.49. The van der Waals surface area contributed by atoms with Crippen molar-refractivity contribution in [1.29, 1.82) is 0 Å². The maximum atomic E-state index is 3.49. The number of hydrogen-bond donors (Lipinski definition) is 0. The zero-order valence-corrected chi connectivity index (χ0v) is 2.86. The zero-order chi connectivity index (χ0) is 3.41. The van der Waals surface area contributed by atoms with E-state index in [1.807, 2.05) is 7.85 Å². The molecule has 22 valence electrons. The monoisotopic (exact) mass is 55.1 g/mol. The predicted molar refractivity (Wildman–Crippen MR) is 23.0 cm³/mol. The van der Waals surface area contributed by atoms with Gasteiger partial charge in [0.15, 0.2) is 0 Å². The molecule has 0 rings (SSSR count). The lowest BCUT2D eigenvalue weighted by Gasteiger charge is -1.60. The Hall–Kier alpha value is -0.265. The zero-order valence-electron chi connectivity index (χ0n) is 2.86. The van der Waals surface area contributed by atoms with E-state index in [2.05, 4.69) is 11.7 Å². The molecular formula is C2H6BN. The molecule has 0 bridgehead atoms. The molecule has 0 saturated heterocycles. The number of nitrogens with zero attached hydrogens (tertiary/aromatic N) is 1. The normalized spacial score (nSPS) is 6.00. The highest BCUT2D eigenvalue weighted by Gasteiger charge is 1.46. The van der Waals surface area contributed by atoms with Crippen LogP contribution in [-0.2, 0) is 0 Å². The molecule has 1 nitrogen and oxygen atoms in total. The van der Waals surface area contributed by atoms with Gasteiger partial charge in [-0.2, -0.15) is 0 Å². The Labute approximate surface area is 27.2 Å². The summed E-state index contributed by atoms with van der Waals surface area (Å²) in [6.07, 6.45) is 0.833. The highest BCUT2D eigenvalue weighted by Crippen LogP contribution is 1.42. The van der Waals surface area contributed by atoms with Gasteiger partial charge in [0.25, 0.3) is 0 Å². The van der Waals surface area contributed by atoms with Gasteiger partial charge in [0.2, 0.25) is 0 Å². The van der Waals surface area contributed by atoms with Gasteiger partial charge in [-0.15, -0.1) is 0 Å². The van der Waals surface area contributed by atoms with Gasteiger partial charge < -0.3 is 4.99 Å². The summed E-state index contributed by atoms with van der Waals surface area (Å²) in [4.78, 5) is 3.49. The summed E-state index contributed by atoms with van der Waals surface area (Å²) in [5.41, 5.74) is 0. The van der Waals surface area contributed by atoms with Crippen LogP contribution in [0, 0.1) is 0 Å². The van der Waals surface area contributed by atoms with Crippen molar-refractivity contribution in [2.75, 3.05) is 6.44 Å². The van der Waals surface area contributed by atoms with E-state index >= 15 is 0 Å². The molecule has 0 unspecified atom stereocenters. The second kappa shape index (κ2) is 2.73. The Morgan fingerprint density at radius 2 is 2.25 bits per heavy atom. The van der Waals surface area contributed by atoms with Crippen molar-refractivity contribution in [3.63, 3.8) is 0 Å². The maximum Gasteiger partial charge on any atom is 0.129 e. The van der Waals surface area contributed by atoms with Crippen LogP contribution in [0.15, 0.2) is 4.99 Å². The summed E-state index contributed by atoms with van der Waals surface area (Å²) in [6.45, 7) is 3.23. The van der Waals surface area contributed by atoms with Crippen LogP contribution in [0.4, 0.5) is 0 Å². The minimum absolute atomic E-state index is 0.833. The molecule has 0 spiro atoms. The van der Waals surface area contributed by atoms with Crippen molar-refractivity contribution in [3.05, 3.63) is 0 Å². The van der Waals surface area contributed by atoms with E-state index in [0.29, 0.717) is 0 Å². The Balaban J connectivity index is 2.30. The Morgan fingerprint density at radius 1 is 2.00 bits per heavy atom. The van der Waals surface area contributed by atoms with Gasteiger partial charge in [0, 0.05) is 6.44 Å². The standard InChI is InChI=1S/C2H6BN/c1-4-2-3/h1-3H2. The highest BCUT2D eigenvalue weighted by molar-refractivity contribution is 6.09. The molecular weight excluding hydrogens is 48.8 g/mol. The average molecular weight is 54.9 g/mol. The summed E-state index contributed by atoms with van der Waals surface area (Å²) >= 11 is 0. The van der Waals surface area contributed by atoms with Crippen molar-refractivity contribution in [3.8, 4) is 0 Å². The summed E-state index contributed by atoms with van der Waals surface area (Å²) in [5, 5.41) is 0. The fraction of sp³-hybridized carbons (Fsp3) is 0.500. The van der Waals surface area contributed by atoms with Crippen molar-refractivity contribution in [2.45, 2.75) is 0 Å². The van der Waals surface area contributed by atoms with Crippen LogP contribution in [0.25, 0.3) is 0 Å². The van der Waals surface area contributed by atoms with E-state index in [1.54, 1.807) is 0 Å². The van der Waals surface area contributed by atoms with E-state index < -0.39 is 0 Å². The lowest BCUT2D eigenvalue weighted by atomic mass is 10.2. The van der Waals surface area contributed by atoms with Gasteiger partial charge in [-0.05, 0) is 6.72 Å². The van der Waals surface area contributed by atoms with Crippen LogP contribution < -0.4 is 0 Å². The molecule has 0 aromatic heterocycles. The van der Waals surface area contributed by atoms with Crippen LogP contribution in [0.2, 0.25) is 0 Å². The molecule has 0 saturated carbocycles. The van der Waals surface area contributed by atoms with Gasteiger partial charge >= 0.3 is 0 Å². The van der Waals surface area contributed by atoms with Crippen molar-refractivity contribution >= 4 is 14.6 Å². The molecule has 0 aliphatic rings. The lowest BCUT2D eigenvalue weighted by molar-refractivity contribution is 1.40. The molecule has 0 radical (unpaired) electrons. The van der Waals surface area contributed by atoms with Crippen molar-refractivity contribution in [1.82, 2.24) is 0 Å². The van der Waals surface area contributed by atoms with Crippen LogP contribution in [0.5, 0.6) is 0 Å². The molecule has 0 aliphatic carbocycles. The third kappa shape index (κ3) is 1.73. The molecule has 0 atom stereocenters. The fourth-order valence-corrected chi connectivity index (χ4v) is 0. The lowest BCUT2D eigenvalue weighted by Crippen LogP contribution is -1.66. The molecule has 0 amide bonds. The van der Waals surface area contributed by atoms with E-state index in [0.717, 1.165) is 6.44 Å². The van der Waals surface area contributed by atoms with E-state index in [4.69, 9.17) is 0 Å². The largest absolute Gasteiger partial charge is 0.310 e. The molecule has 0 aromatic carbocycles. The van der Waals surface area contributed by atoms with Crippen molar-refractivity contribution < 1.29 is 0 Å². The molecule has 0 heterocycles. The van der Waals surface area contributed by atoms with E-state index in [1.165, 1.54) is 0 Å². The van der Waals surface area contributed by atoms with Gasteiger partial charge in [-0.3, -0.25) is 0 Å². The van der Waals surface area contributed by atoms with Gasteiger partial charge in [0.05, 0.1) is 0 Å². The molecule has 0 aromatic rings. The van der Waals surface area contributed by atoms with Gasteiger partial charge in [-0.25, -0.2) is 0 Å². The minimum atomic E-state index is 0.833. The molecule has 0 aliphatic heterocycles. The number of rotatable bonds is 1. The average Bonchev–Trinajstić information content (AvgIpc) is 1.37. The first kappa shape index (κ1) is 3.73. The highest BCUT2D eigenvalue weighted by atomic mass is 14.6. The summed E-state index contributed by atoms with van der Waals surface area (Å²) in [6, 6.07) is 0. The van der Waals surface area contributed by atoms with E-state index in [-0.39, 0.29) is 0 Å². The quantitative estimate of drug-likeness (QED) is 0.277. The predicted octanol–water partition coefficient (Wildman–Crippen LogP) is -0.722. The summed E-state index contributed by atoms with van der Waals surface area (Å²) in [5.74, 6) is 0. The smallest absolute Gasteiger partial charge is 0.129 e. The van der Waals surface area contributed by atoms with Gasteiger partial charge in [0.1, 0.15) is 7.85 Å². The second-order valence-corrected chi connectivity index (χ2v) is 0.540. The van der Waals surface area contributed by atoms with Crippen LogP contribution >= 0.6 is 0 Å². The Morgan fingerprint density at radius 3 is 2.25 bits per heavy atom. The summed E-state index contributed by atoms with van der Waals surface area (Å²) < 4.78 is 0. The first-order valence-corrected chi connectivity index (χ1v) is 1.34. The third-order valence-electron chi connectivity index (χ3n) is 0.224. The summed E-state index contributed by atoms with van der Waals surface area (Å²) in [7, 11) is 1.95. The van der Waals surface area contributed by atoms with Crippen molar-refractivity contribution in [2.24, 2.45) is 4.99 Å². The van der Waals surface area contributed by atoms with Gasteiger partial charge in [-0.1, -0.05) is 0 Å². The first-order valence-electron chi connectivity index (χ1n) is 1.34. The molecule has 0 fully saturated rings.